The summed E-state index contributed by atoms with van der Waals surface area (Å²) in [5, 5.41) is 0. The molecule has 0 amide bonds. The van der Waals surface area contributed by atoms with E-state index < -0.39 is 8.07 Å². The van der Waals surface area contributed by atoms with Gasteiger partial charge in [-0.3, -0.25) is 4.57 Å². The highest BCUT2D eigenvalue weighted by Crippen LogP contribution is 2.42. The molecule has 0 radical (unpaired) electrons. The van der Waals surface area contributed by atoms with Gasteiger partial charge in [-0.15, -0.1) is 0 Å². The lowest BCUT2D eigenvalue weighted by Gasteiger charge is -2.16. The highest BCUT2D eigenvalue weighted by molar-refractivity contribution is 9.10. The van der Waals surface area contributed by atoms with Crippen molar-refractivity contribution in [2.75, 3.05) is 6.61 Å². The van der Waals surface area contributed by atoms with Crippen LogP contribution in [0.5, 0.6) is 0 Å². The summed E-state index contributed by atoms with van der Waals surface area (Å²) in [5.74, 6) is 1.67. The maximum Gasteiger partial charge on any atom is 0.125 e. The second kappa shape index (κ2) is 6.82. The van der Waals surface area contributed by atoms with Crippen molar-refractivity contribution in [3.63, 3.8) is 0 Å². The Hall–Kier alpha value is -1.05. The third-order valence-electron chi connectivity index (χ3n) is 3.92. The number of imidazole rings is 1. The van der Waals surface area contributed by atoms with Gasteiger partial charge in [0.2, 0.25) is 0 Å². The first-order chi connectivity index (χ1) is 11.0. The second-order valence-corrected chi connectivity index (χ2v) is 13.6. The van der Waals surface area contributed by atoms with E-state index in [1.165, 1.54) is 18.9 Å². The van der Waals surface area contributed by atoms with Crippen molar-refractivity contribution < 1.29 is 4.74 Å². The quantitative estimate of drug-likeness (QED) is 0.518. The molecule has 0 unspecified atom stereocenters. The molecule has 0 bridgehead atoms. The normalized spacial score (nSPS) is 15.1. The van der Waals surface area contributed by atoms with Gasteiger partial charge in [-0.25, -0.2) is 15.0 Å². The molecule has 0 aliphatic heterocycles. The third kappa shape index (κ3) is 4.27. The van der Waals surface area contributed by atoms with Gasteiger partial charge in [-0.05, 0) is 40.9 Å². The predicted octanol–water partition coefficient (Wildman–Crippen LogP) is 4.29. The van der Waals surface area contributed by atoms with Gasteiger partial charge in [0.15, 0.2) is 0 Å². The van der Waals surface area contributed by atoms with Crippen LogP contribution in [0.3, 0.4) is 0 Å². The molecular weight excluding hydrogens is 372 g/mol. The molecule has 1 saturated carbocycles. The molecule has 3 rings (SSSR count). The van der Waals surface area contributed by atoms with E-state index in [0.29, 0.717) is 12.6 Å². The van der Waals surface area contributed by atoms with Crippen LogP contribution < -0.4 is 0 Å². The lowest BCUT2D eigenvalue weighted by Crippen LogP contribution is -2.22. The Labute approximate surface area is 146 Å². The average Bonchev–Trinajstić information content (AvgIpc) is 3.29. The Kier molecular flexibility index (Phi) is 4.98. The van der Waals surface area contributed by atoms with Crippen molar-refractivity contribution >= 4 is 24.0 Å². The lowest BCUT2D eigenvalue weighted by atomic mass is 10.3. The zero-order valence-electron chi connectivity index (χ0n) is 13.9. The van der Waals surface area contributed by atoms with Gasteiger partial charge >= 0.3 is 0 Å². The number of halogens is 1. The van der Waals surface area contributed by atoms with Gasteiger partial charge in [-0.2, -0.15) is 0 Å². The number of nitrogens with zero attached hydrogens (tertiary/aromatic N) is 4. The fraction of sp³-hybridized carbons (Fsp3) is 0.562. The van der Waals surface area contributed by atoms with Gasteiger partial charge in [-0.1, -0.05) is 19.6 Å². The van der Waals surface area contributed by atoms with E-state index in [4.69, 9.17) is 9.72 Å². The van der Waals surface area contributed by atoms with E-state index in [0.717, 1.165) is 28.4 Å². The molecule has 1 aliphatic carbocycles. The maximum absolute atomic E-state index is 5.94. The molecule has 2 heterocycles. The van der Waals surface area contributed by atoms with E-state index in [-0.39, 0.29) is 0 Å². The Balaban J connectivity index is 1.77. The zero-order chi connectivity index (χ0) is 16.4. The van der Waals surface area contributed by atoms with Crippen LogP contribution in [-0.4, -0.2) is 34.2 Å². The number of aromatic nitrogens is 4. The molecule has 7 heteroatoms. The standard InChI is InChI=1S/C16H23BrN4OSi/c1-23(2,3)9-8-22-11-21-15(17)14(13-6-7-18-10-19-13)20-16(21)12-4-5-12/h6-7,10,12H,4-5,8-9,11H2,1-3H3. The highest BCUT2D eigenvalue weighted by atomic mass is 79.9. The van der Waals surface area contributed by atoms with Crippen molar-refractivity contribution in [2.24, 2.45) is 0 Å². The maximum atomic E-state index is 5.94. The first-order valence-electron chi connectivity index (χ1n) is 8.06. The largest absolute Gasteiger partial charge is 0.361 e. The fourth-order valence-electron chi connectivity index (χ4n) is 2.35. The molecule has 0 aromatic carbocycles. The summed E-state index contributed by atoms with van der Waals surface area (Å²) < 4.78 is 9.04. The molecule has 0 spiro atoms. The molecule has 5 nitrogen and oxygen atoms in total. The minimum Gasteiger partial charge on any atom is -0.361 e. The first-order valence-corrected chi connectivity index (χ1v) is 12.6. The summed E-state index contributed by atoms with van der Waals surface area (Å²) in [5.41, 5.74) is 1.72. The molecule has 1 fully saturated rings. The number of hydrogen-bond donors (Lipinski definition) is 0. The van der Waals surface area contributed by atoms with E-state index in [1.54, 1.807) is 12.5 Å². The number of ether oxygens (including phenoxy) is 1. The smallest absolute Gasteiger partial charge is 0.125 e. The fourth-order valence-corrected chi connectivity index (χ4v) is 3.69. The van der Waals surface area contributed by atoms with Crippen molar-refractivity contribution in [1.29, 1.82) is 0 Å². The average molecular weight is 395 g/mol. The van der Waals surface area contributed by atoms with Crippen LogP contribution in [-0.2, 0) is 11.5 Å². The Morgan fingerprint density at radius 3 is 2.74 bits per heavy atom. The van der Waals surface area contributed by atoms with E-state index >= 15 is 0 Å². The summed E-state index contributed by atoms with van der Waals surface area (Å²) in [4.78, 5) is 13.1. The zero-order valence-corrected chi connectivity index (χ0v) is 16.5. The lowest BCUT2D eigenvalue weighted by molar-refractivity contribution is 0.0837. The Bertz CT molecular complexity index is 665. The van der Waals surface area contributed by atoms with Crippen LogP contribution in [0.25, 0.3) is 11.4 Å². The van der Waals surface area contributed by atoms with Gasteiger partial charge < -0.3 is 4.74 Å². The number of rotatable bonds is 7. The first kappa shape index (κ1) is 16.8. The molecule has 0 atom stereocenters. The van der Waals surface area contributed by atoms with Gasteiger partial charge in [0.25, 0.3) is 0 Å². The van der Waals surface area contributed by atoms with E-state index in [2.05, 4.69) is 50.1 Å². The molecule has 0 N–H and O–H groups in total. The molecule has 2 aromatic rings. The molecule has 0 saturated heterocycles. The van der Waals surface area contributed by atoms with Crippen LogP contribution in [0, 0.1) is 0 Å². The monoisotopic (exact) mass is 394 g/mol. The molecule has 1 aliphatic rings. The van der Waals surface area contributed by atoms with Crippen LogP contribution in [0.4, 0.5) is 0 Å². The summed E-state index contributed by atoms with van der Waals surface area (Å²) in [6.45, 7) is 8.47. The molecule has 124 valence electrons. The molecule has 23 heavy (non-hydrogen) atoms. The van der Waals surface area contributed by atoms with Crippen molar-refractivity contribution in [3.8, 4) is 11.4 Å². The van der Waals surface area contributed by atoms with E-state index in [1.807, 2.05) is 6.07 Å². The topological polar surface area (TPSA) is 52.8 Å². The van der Waals surface area contributed by atoms with Crippen LogP contribution in [0.1, 0.15) is 24.6 Å². The van der Waals surface area contributed by atoms with Gasteiger partial charge in [0.1, 0.15) is 29.2 Å². The van der Waals surface area contributed by atoms with Crippen molar-refractivity contribution in [2.45, 2.75) is 51.2 Å². The van der Waals surface area contributed by atoms with Crippen molar-refractivity contribution in [3.05, 3.63) is 29.0 Å². The van der Waals surface area contributed by atoms with Crippen molar-refractivity contribution in [1.82, 2.24) is 19.5 Å². The van der Waals surface area contributed by atoms with E-state index in [9.17, 15) is 0 Å². The highest BCUT2D eigenvalue weighted by Gasteiger charge is 2.31. The third-order valence-corrected chi connectivity index (χ3v) is 6.43. The minimum atomic E-state index is -1.06. The minimum absolute atomic E-state index is 0.551. The van der Waals surface area contributed by atoms with Crippen LogP contribution in [0.2, 0.25) is 25.7 Å². The summed E-state index contributed by atoms with van der Waals surface area (Å²) in [6.07, 6.45) is 5.72. The SMILES string of the molecule is C[Si](C)(C)CCOCn1c(C2CC2)nc(-c2ccncn2)c1Br. The van der Waals surface area contributed by atoms with Crippen LogP contribution in [0.15, 0.2) is 23.2 Å². The van der Waals surface area contributed by atoms with Crippen LogP contribution >= 0.6 is 15.9 Å². The summed E-state index contributed by atoms with van der Waals surface area (Å²) in [7, 11) is -1.06. The Morgan fingerprint density at radius 1 is 1.35 bits per heavy atom. The second-order valence-electron chi connectivity index (χ2n) is 7.25. The van der Waals surface area contributed by atoms with Gasteiger partial charge in [0.05, 0.1) is 5.69 Å². The Morgan fingerprint density at radius 2 is 2.13 bits per heavy atom. The molecule has 2 aromatic heterocycles. The molecular formula is C16H23BrN4OSi. The van der Waals surface area contributed by atoms with Gasteiger partial charge in [0, 0.05) is 26.8 Å². The predicted molar refractivity (Wildman–Crippen MR) is 97.0 cm³/mol. The summed E-state index contributed by atoms with van der Waals surface area (Å²) in [6, 6.07) is 3.07. The number of hydrogen-bond acceptors (Lipinski definition) is 4. The summed E-state index contributed by atoms with van der Waals surface area (Å²) >= 11 is 3.70.